The Hall–Kier alpha value is -0.620. The van der Waals surface area contributed by atoms with Gasteiger partial charge in [0, 0.05) is 6.92 Å². The van der Waals surface area contributed by atoms with Crippen molar-refractivity contribution in [3.8, 4) is 0 Å². The summed E-state index contributed by atoms with van der Waals surface area (Å²) in [7, 11) is 1.94. The smallest absolute Gasteiger partial charge is 0.303 e. The minimum Gasteiger partial charge on any atom is -0.450 e. The monoisotopic (exact) mass is 247 g/mol. The summed E-state index contributed by atoms with van der Waals surface area (Å²) in [5.74, 6) is -0.341. The van der Waals surface area contributed by atoms with Crippen LogP contribution in [0.5, 0.6) is 0 Å². The predicted molar refractivity (Wildman–Crippen MR) is 62.9 cm³/mol. The van der Waals surface area contributed by atoms with Gasteiger partial charge >= 0.3 is 5.97 Å². The fourth-order valence-electron chi connectivity index (χ4n) is 1.16. The average Bonchev–Trinajstić information content (AvgIpc) is 2.50. The molecule has 15 heavy (non-hydrogen) atoms. The molecule has 0 saturated heterocycles. The van der Waals surface area contributed by atoms with Crippen LogP contribution in [0.4, 0.5) is 0 Å². The van der Waals surface area contributed by atoms with Crippen LogP contribution in [0.25, 0.3) is 0 Å². The van der Waals surface area contributed by atoms with Crippen molar-refractivity contribution in [2.75, 3.05) is 0 Å². The maximum atomic E-state index is 10.7. The summed E-state index contributed by atoms with van der Waals surface area (Å²) in [6.45, 7) is 2.00. The SMILES string of the molecule is CC(=O)OC(S)C(S)Cn1cc[n+](C)c1. The van der Waals surface area contributed by atoms with Gasteiger partial charge in [-0.15, -0.1) is 12.6 Å². The summed E-state index contributed by atoms with van der Waals surface area (Å²) in [6.07, 6.45) is 5.79. The molecule has 1 aromatic rings. The van der Waals surface area contributed by atoms with Crippen molar-refractivity contribution in [1.29, 1.82) is 0 Å². The van der Waals surface area contributed by atoms with Gasteiger partial charge in [0.15, 0.2) is 5.44 Å². The summed E-state index contributed by atoms with van der Waals surface area (Å²) >= 11 is 8.50. The van der Waals surface area contributed by atoms with Crippen molar-refractivity contribution in [2.45, 2.75) is 24.2 Å². The van der Waals surface area contributed by atoms with Crippen molar-refractivity contribution in [2.24, 2.45) is 7.05 Å². The van der Waals surface area contributed by atoms with E-state index >= 15 is 0 Å². The Kier molecular flexibility index (Phi) is 4.53. The minimum atomic E-state index is -0.487. The third-order valence-electron chi connectivity index (χ3n) is 1.84. The molecule has 0 N–H and O–H groups in total. The molecule has 1 aromatic heterocycles. The van der Waals surface area contributed by atoms with Gasteiger partial charge in [0.05, 0.1) is 12.3 Å². The van der Waals surface area contributed by atoms with Crippen molar-refractivity contribution in [1.82, 2.24) is 4.57 Å². The molecule has 0 bridgehead atoms. The van der Waals surface area contributed by atoms with Gasteiger partial charge in [0.2, 0.25) is 6.33 Å². The molecule has 84 valence electrons. The number of carbonyl (C=O) groups excluding carboxylic acids is 1. The van der Waals surface area contributed by atoms with E-state index in [1.807, 2.05) is 34.9 Å². The largest absolute Gasteiger partial charge is 0.450 e. The zero-order valence-electron chi connectivity index (χ0n) is 8.70. The molecule has 0 radical (unpaired) electrons. The first kappa shape index (κ1) is 12.4. The molecule has 4 nitrogen and oxygen atoms in total. The van der Waals surface area contributed by atoms with E-state index in [1.54, 1.807) is 0 Å². The second-order valence-electron chi connectivity index (χ2n) is 3.34. The van der Waals surface area contributed by atoms with E-state index in [9.17, 15) is 4.79 Å². The highest BCUT2D eigenvalue weighted by Gasteiger charge is 2.19. The second-order valence-corrected chi connectivity index (χ2v) is 4.52. The number of nitrogens with zero attached hydrogens (tertiary/aromatic N) is 2. The van der Waals surface area contributed by atoms with Crippen LogP contribution in [0.15, 0.2) is 18.7 Å². The lowest BCUT2D eigenvalue weighted by Gasteiger charge is -2.16. The molecule has 0 saturated carbocycles. The minimum absolute atomic E-state index is 0.135. The van der Waals surface area contributed by atoms with E-state index in [0.717, 1.165) is 0 Å². The Morgan fingerprint density at radius 1 is 1.60 bits per heavy atom. The number of rotatable bonds is 4. The van der Waals surface area contributed by atoms with Crippen LogP contribution in [0.3, 0.4) is 0 Å². The number of hydrogen-bond donors (Lipinski definition) is 2. The molecule has 6 heteroatoms. The third kappa shape index (κ3) is 4.17. The molecule has 0 amide bonds. The fraction of sp³-hybridized carbons (Fsp3) is 0.556. The maximum absolute atomic E-state index is 10.7. The molecule has 0 aliphatic carbocycles. The number of aryl methyl sites for hydroxylation is 1. The number of ether oxygens (including phenoxy) is 1. The number of esters is 1. The van der Waals surface area contributed by atoms with Gasteiger partial charge in [-0.3, -0.25) is 4.79 Å². The standard InChI is InChI=1S/C9H14N2O2S2/c1-7(12)13-9(15)8(14)5-11-4-3-10(2)6-11/h3-4,6,8-9H,5H2,1-2H3,(H-,14,15)/p+1. The molecule has 0 aliphatic heterocycles. The van der Waals surface area contributed by atoms with E-state index in [1.165, 1.54) is 6.92 Å². The Bertz CT molecular complexity index is 341. The molecule has 0 fully saturated rings. The second kappa shape index (κ2) is 5.46. The van der Waals surface area contributed by atoms with Gasteiger partial charge in [0.25, 0.3) is 0 Å². The first-order chi connectivity index (χ1) is 6.99. The zero-order valence-corrected chi connectivity index (χ0v) is 10.5. The summed E-state index contributed by atoms with van der Waals surface area (Å²) in [5.41, 5.74) is -0.487. The van der Waals surface area contributed by atoms with Crippen molar-refractivity contribution >= 4 is 31.2 Å². The Balaban J connectivity index is 2.47. The Morgan fingerprint density at radius 3 is 2.73 bits per heavy atom. The third-order valence-corrected chi connectivity index (χ3v) is 2.97. The van der Waals surface area contributed by atoms with Crippen molar-refractivity contribution in [3.63, 3.8) is 0 Å². The molecular formula is C9H15N2O2S2+. The van der Waals surface area contributed by atoms with Crippen LogP contribution in [-0.4, -0.2) is 21.2 Å². The molecule has 2 unspecified atom stereocenters. The summed E-state index contributed by atoms with van der Waals surface area (Å²) < 4.78 is 8.81. The summed E-state index contributed by atoms with van der Waals surface area (Å²) in [5, 5.41) is -0.135. The van der Waals surface area contributed by atoms with Crippen LogP contribution >= 0.6 is 25.3 Å². The molecule has 1 rings (SSSR count). The first-order valence-electron chi connectivity index (χ1n) is 4.53. The van der Waals surface area contributed by atoms with Crippen LogP contribution in [-0.2, 0) is 23.1 Å². The van der Waals surface area contributed by atoms with Crippen molar-refractivity contribution < 1.29 is 14.1 Å². The molecule has 0 aromatic carbocycles. The van der Waals surface area contributed by atoms with E-state index < -0.39 is 5.44 Å². The molecule has 0 aliphatic rings. The van der Waals surface area contributed by atoms with Gasteiger partial charge in [0.1, 0.15) is 18.9 Å². The molecule has 1 heterocycles. The highest BCUT2D eigenvalue weighted by molar-refractivity contribution is 7.85. The van der Waals surface area contributed by atoms with Crippen LogP contribution < -0.4 is 4.57 Å². The number of carbonyl (C=O) groups is 1. The lowest BCUT2D eigenvalue weighted by molar-refractivity contribution is -0.671. The number of hydrogen-bond acceptors (Lipinski definition) is 4. The van der Waals surface area contributed by atoms with Crippen LogP contribution in [0.2, 0.25) is 0 Å². The normalized spacial score (nSPS) is 14.7. The lowest BCUT2D eigenvalue weighted by Crippen LogP contribution is -2.27. The van der Waals surface area contributed by atoms with E-state index in [2.05, 4.69) is 25.3 Å². The lowest BCUT2D eigenvalue weighted by atomic mass is 10.4. The van der Waals surface area contributed by atoms with Crippen LogP contribution in [0.1, 0.15) is 6.92 Å². The van der Waals surface area contributed by atoms with Crippen LogP contribution in [0, 0.1) is 0 Å². The number of imidazole rings is 1. The summed E-state index contributed by atoms with van der Waals surface area (Å²) in [6, 6.07) is 0. The average molecular weight is 247 g/mol. The highest BCUT2D eigenvalue weighted by atomic mass is 32.1. The number of aromatic nitrogens is 2. The fourth-order valence-corrected chi connectivity index (χ4v) is 1.66. The number of thiol groups is 2. The molecular weight excluding hydrogens is 232 g/mol. The first-order valence-corrected chi connectivity index (χ1v) is 5.56. The zero-order chi connectivity index (χ0) is 11.4. The van der Waals surface area contributed by atoms with Gasteiger partial charge in [-0.05, 0) is 0 Å². The topological polar surface area (TPSA) is 35.1 Å². The summed E-state index contributed by atoms with van der Waals surface area (Å²) in [4.78, 5) is 10.7. The van der Waals surface area contributed by atoms with Gasteiger partial charge in [-0.1, -0.05) is 0 Å². The highest BCUT2D eigenvalue weighted by Crippen LogP contribution is 2.12. The van der Waals surface area contributed by atoms with E-state index in [4.69, 9.17) is 4.74 Å². The molecule has 0 spiro atoms. The Morgan fingerprint density at radius 2 is 2.27 bits per heavy atom. The molecule has 2 atom stereocenters. The van der Waals surface area contributed by atoms with E-state index in [0.29, 0.717) is 6.54 Å². The van der Waals surface area contributed by atoms with Gasteiger partial charge in [-0.25, -0.2) is 9.13 Å². The Labute approximate surface area is 100 Å². The van der Waals surface area contributed by atoms with Crippen molar-refractivity contribution in [3.05, 3.63) is 18.7 Å². The van der Waals surface area contributed by atoms with E-state index in [-0.39, 0.29) is 11.2 Å². The predicted octanol–water partition coefficient (Wildman–Crippen LogP) is 0.430. The van der Waals surface area contributed by atoms with Gasteiger partial charge < -0.3 is 4.74 Å². The quantitative estimate of drug-likeness (QED) is 0.350. The maximum Gasteiger partial charge on any atom is 0.303 e. The van der Waals surface area contributed by atoms with Gasteiger partial charge in [-0.2, -0.15) is 12.6 Å².